The van der Waals surface area contributed by atoms with Gasteiger partial charge in [0, 0.05) is 22.9 Å². The molecule has 4 rings (SSSR count). The van der Waals surface area contributed by atoms with Crippen LogP contribution in [-0.4, -0.2) is 41.1 Å². The molecule has 1 aliphatic heterocycles. The van der Waals surface area contributed by atoms with Crippen LogP contribution in [0.2, 0.25) is 5.02 Å². The number of thioether (sulfide) groups is 1. The largest absolute Gasteiger partial charge is 0.354 e. The normalized spacial score (nSPS) is 22.0. The Kier molecular flexibility index (Phi) is 7.59. The van der Waals surface area contributed by atoms with Crippen molar-refractivity contribution in [2.45, 2.75) is 50.3 Å². The summed E-state index contributed by atoms with van der Waals surface area (Å²) in [6.45, 7) is 2.74. The minimum Gasteiger partial charge on any atom is -0.354 e. The number of nitrogens with one attached hydrogen (secondary N) is 1. The fourth-order valence-corrected chi connectivity index (χ4v) is 6.09. The van der Waals surface area contributed by atoms with Crippen LogP contribution in [0.1, 0.15) is 42.4 Å². The van der Waals surface area contributed by atoms with Crippen molar-refractivity contribution in [3.8, 4) is 0 Å². The van der Waals surface area contributed by atoms with Crippen molar-refractivity contribution in [3.05, 3.63) is 75.1 Å². The minimum atomic E-state index is -0.0937. The molecule has 1 saturated heterocycles. The molecule has 0 bridgehead atoms. The quantitative estimate of drug-likeness (QED) is 0.590. The Morgan fingerprint density at radius 2 is 1.97 bits per heavy atom. The van der Waals surface area contributed by atoms with E-state index in [0.717, 1.165) is 31.2 Å². The van der Waals surface area contributed by atoms with E-state index in [1.165, 1.54) is 17.5 Å². The number of benzene rings is 2. The van der Waals surface area contributed by atoms with Crippen LogP contribution in [-0.2, 0) is 16.0 Å². The highest BCUT2D eigenvalue weighted by Crippen LogP contribution is 2.42. The van der Waals surface area contributed by atoms with Gasteiger partial charge in [-0.3, -0.25) is 9.59 Å². The summed E-state index contributed by atoms with van der Waals surface area (Å²) in [5, 5.41) is 3.99. The number of hydrogen-bond donors (Lipinski definition) is 1. The molecule has 1 aliphatic carbocycles. The van der Waals surface area contributed by atoms with Gasteiger partial charge in [0.15, 0.2) is 0 Å². The predicted octanol–water partition coefficient (Wildman–Crippen LogP) is 5.23. The van der Waals surface area contributed by atoms with Gasteiger partial charge in [-0.1, -0.05) is 66.4 Å². The number of nitrogens with zero attached hydrogens (tertiary/aromatic N) is 1. The van der Waals surface area contributed by atoms with E-state index in [0.29, 0.717) is 21.7 Å². The maximum atomic E-state index is 13.4. The zero-order chi connectivity index (χ0) is 22.5. The Hall–Kier alpha value is -2.24. The summed E-state index contributed by atoms with van der Waals surface area (Å²) in [4.78, 5) is 28.6. The zero-order valence-electron chi connectivity index (χ0n) is 18.4. The lowest BCUT2D eigenvalue weighted by Crippen LogP contribution is -2.54. The summed E-state index contributed by atoms with van der Waals surface area (Å²) < 4.78 is 0. The average molecular weight is 469 g/mol. The van der Waals surface area contributed by atoms with E-state index < -0.39 is 0 Å². The fourth-order valence-electron chi connectivity index (χ4n) is 4.42. The third-order valence-electron chi connectivity index (χ3n) is 6.13. The van der Waals surface area contributed by atoms with E-state index in [-0.39, 0.29) is 24.4 Å². The molecule has 1 saturated carbocycles. The fraction of sp³-hybridized carbons (Fsp3) is 0.385. The zero-order valence-corrected chi connectivity index (χ0v) is 19.9. The smallest absolute Gasteiger partial charge is 0.261 e. The highest BCUT2D eigenvalue weighted by Gasteiger charge is 2.41. The number of carbonyl (C=O) groups is 2. The summed E-state index contributed by atoms with van der Waals surface area (Å²) in [5.41, 5.74) is 3.33. The number of amides is 2. The van der Waals surface area contributed by atoms with Crippen LogP contribution >= 0.6 is 23.4 Å². The van der Waals surface area contributed by atoms with Crippen LogP contribution in [0.3, 0.4) is 0 Å². The lowest BCUT2D eigenvalue weighted by atomic mass is 9.93. The predicted molar refractivity (Wildman–Crippen MR) is 133 cm³/mol. The SMILES string of the molecule is Cc1ccc(CCNC(=O)CN2C(=O)/C(=C\c3cccc(Cl)c3)SC3CCCCC32)cc1. The van der Waals surface area contributed by atoms with E-state index in [9.17, 15) is 9.59 Å². The summed E-state index contributed by atoms with van der Waals surface area (Å²) >= 11 is 7.79. The minimum absolute atomic E-state index is 0.0492. The topological polar surface area (TPSA) is 49.4 Å². The number of carbonyl (C=O) groups excluding carboxylic acids is 2. The summed E-state index contributed by atoms with van der Waals surface area (Å²) in [7, 11) is 0. The molecule has 1 heterocycles. The molecule has 0 aromatic heterocycles. The lowest BCUT2D eigenvalue weighted by Gasteiger charge is -2.43. The molecule has 0 radical (unpaired) electrons. The molecule has 2 aromatic carbocycles. The summed E-state index contributed by atoms with van der Waals surface area (Å²) in [5.74, 6) is -0.143. The second-order valence-electron chi connectivity index (χ2n) is 8.59. The van der Waals surface area contributed by atoms with Gasteiger partial charge >= 0.3 is 0 Å². The highest BCUT2D eigenvalue weighted by atomic mass is 35.5. The first-order valence-electron chi connectivity index (χ1n) is 11.3. The first kappa shape index (κ1) is 22.9. The van der Waals surface area contributed by atoms with E-state index >= 15 is 0 Å². The first-order valence-corrected chi connectivity index (χ1v) is 12.5. The monoisotopic (exact) mass is 468 g/mol. The van der Waals surface area contributed by atoms with Crippen molar-refractivity contribution in [3.63, 3.8) is 0 Å². The number of halogens is 1. The molecule has 2 fully saturated rings. The van der Waals surface area contributed by atoms with Gasteiger partial charge in [-0.2, -0.15) is 0 Å². The number of rotatable bonds is 6. The van der Waals surface area contributed by atoms with Crippen LogP contribution < -0.4 is 5.32 Å². The van der Waals surface area contributed by atoms with E-state index in [2.05, 4.69) is 36.5 Å². The number of fused-ring (bicyclic) bond motifs is 1. The van der Waals surface area contributed by atoms with Gasteiger partial charge < -0.3 is 10.2 Å². The molecule has 2 amide bonds. The molecular formula is C26H29ClN2O2S. The molecule has 6 heteroatoms. The maximum absolute atomic E-state index is 13.4. The van der Waals surface area contributed by atoms with Crippen LogP contribution in [0.25, 0.3) is 6.08 Å². The summed E-state index contributed by atoms with van der Waals surface area (Å²) in [6.07, 6.45) is 7.00. The maximum Gasteiger partial charge on any atom is 0.261 e. The molecule has 2 atom stereocenters. The molecule has 2 aromatic rings. The van der Waals surface area contributed by atoms with Gasteiger partial charge in [0.05, 0.1) is 4.91 Å². The third kappa shape index (κ3) is 5.76. The molecule has 0 spiro atoms. The van der Waals surface area contributed by atoms with Gasteiger partial charge in [0.2, 0.25) is 5.91 Å². The molecule has 1 N–H and O–H groups in total. The Bertz CT molecular complexity index is 1010. The Morgan fingerprint density at radius 1 is 1.19 bits per heavy atom. The van der Waals surface area contributed by atoms with Gasteiger partial charge in [-0.15, -0.1) is 11.8 Å². The van der Waals surface area contributed by atoms with Crippen molar-refractivity contribution in [1.29, 1.82) is 0 Å². The Morgan fingerprint density at radius 3 is 2.75 bits per heavy atom. The average Bonchev–Trinajstić information content (AvgIpc) is 2.78. The summed E-state index contributed by atoms with van der Waals surface area (Å²) in [6, 6.07) is 16.0. The van der Waals surface area contributed by atoms with E-state index in [4.69, 9.17) is 11.6 Å². The molecule has 32 heavy (non-hydrogen) atoms. The molecule has 168 valence electrons. The van der Waals surface area contributed by atoms with Gasteiger partial charge in [0.25, 0.3) is 5.91 Å². The van der Waals surface area contributed by atoms with Crippen molar-refractivity contribution >= 4 is 41.3 Å². The number of aryl methyl sites for hydroxylation is 1. The van der Waals surface area contributed by atoms with Crippen molar-refractivity contribution in [2.24, 2.45) is 0 Å². The van der Waals surface area contributed by atoms with Gasteiger partial charge in [-0.05, 0) is 55.5 Å². The van der Waals surface area contributed by atoms with Crippen molar-refractivity contribution in [1.82, 2.24) is 10.2 Å². The Labute approximate surface area is 199 Å². The molecule has 2 unspecified atom stereocenters. The van der Waals surface area contributed by atoms with Crippen molar-refractivity contribution < 1.29 is 9.59 Å². The highest BCUT2D eigenvalue weighted by molar-refractivity contribution is 8.04. The van der Waals surface area contributed by atoms with Crippen LogP contribution in [0.4, 0.5) is 0 Å². The van der Waals surface area contributed by atoms with Crippen LogP contribution in [0, 0.1) is 6.92 Å². The van der Waals surface area contributed by atoms with E-state index in [1.54, 1.807) is 16.7 Å². The Balaban J connectivity index is 1.43. The van der Waals surface area contributed by atoms with E-state index in [1.807, 2.05) is 30.3 Å². The number of hydrogen-bond acceptors (Lipinski definition) is 3. The molecule has 4 nitrogen and oxygen atoms in total. The second kappa shape index (κ2) is 10.6. The lowest BCUT2D eigenvalue weighted by molar-refractivity contribution is -0.135. The van der Waals surface area contributed by atoms with Crippen molar-refractivity contribution in [2.75, 3.05) is 13.1 Å². The second-order valence-corrected chi connectivity index (χ2v) is 10.3. The van der Waals surface area contributed by atoms with Crippen LogP contribution in [0.5, 0.6) is 0 Å². The van der Waals surface area contributed by atoms with Gasteiger partial charge in [0.1, 0.15) is 6.54 Å². The van der Waals surface area contributed by atoms with Crippen LogP contribution in [0.15, 0.2) is 53.4 Å². The standard InChI is InChI=1S/C26H29ClN2O2S/c1-18-9-11-19(12-10-18)13-14-28-25(30)17-29-22-7-2-3-8-23(22)32-24(26(29)31)16-20-5-4-6-21(27)15-20/h4-6,9-12,15-16,22-23H,2-3,7-8,13-14,17H2,1H3,(H,28,30)/b24-16+. The first-order chi connectivity index (χ1) is 15.5. The third-order valence-corrected chi connectivity index (χ3v) is 7.77. The van der Waals surface area contributed by atoms with Gasteiger partial charge in [-0.25, -0.2) is 0 Å². The molecular weight excluding hydrogens is 440 g/mol. The molecule has 2 aliphatic rings.